The Labute approximate surface area is 343 Å². The van der Waals surface area contributed by atoms with E-state index in [0.717, 1.165) is 31.3 Å². The molecule has 3 N–H and O–H groups in total. The zero-order chi connectivity index (χ0) is 41.5. The number of hydrogen-bond donors (Lipinski definition) is 3. The summed E-state index contributed by atoms with van der Waals surface area (Å²) in [7, 11) is 1.57. The Morgan fingerprint density at radius 3 is 2.23 bits per heavy atom. The molecule has 0 radical (unpaired) electrons. The number of esters is 1. The number of rotatable bonds is 6. The Morgan fingerprint density at radius 1 is 0.930 bits per heavy atom. The Bertz CT molecular complexity index is 1430. The molecule has 11 heteroatoms. The van der Waals surface area contributed by atoms with Crippen molar-refractivity contribution in [3.05, 3.63) is 23.3 Å². The number of aliphatic hydroxyl groups is 3. The minimum absolute atomic E-state index is 0. The molecule has 0 aromatic rings. The molecule has 3 fully saturated rings. The van der Waals surface area contributed by atoms with Crippen molar-refractivity contribution in [3.8, 4) is 0 Å². The van der Waals surface area contributed by atoms with Gasteiger partial charge in [0.15, 0.2) is 0 Å². The smallest absolute Gasteiger partial charge is 0.329 e. The van der Waals surface area contributed by atoms with Crippen LogP contribution < -0.4 is 0 Å². The number of carbonyl (C=O) groups excluding carboxylic acids is 4. The molecule has 1 saturated carbocycles. The highest BCUT2D eigenvalue weighted by Crippen LogP contribution is 2.44. The third-order valence-corrected chi connectivity index (χ3v) is 13.7. The lowest BCUT2D eigenvalue weighted by molar-refractivity contribution is -0.285. The summed E-state index contributed by atoms with van der Waals surface area (Å²) in [4.78, 5) is 57.9. The van der Waals surface area contributed by atoms with Gasteiger partial charge in [-0.05, 0) is 107 Å². The molecule has 2 bridgehead atoms. The van der Waals surface area contributed by atoms with Gasteiger partial charge in [-0.25, -0.2) is 4.79 Å². The van der Waals surface area contributed by atoms with E-state index in [1.165, 1.54) is 4.90 Å². The monoisotopic (exact) mass is 804 g/mol. The van der Waals surface area contributed by atoms with Gasteiger partial charge in [-0.3, -0.25) is 14.4 Å². The van der Waals surface area contributed by atoms with E-state index in [0.29, 0.717) is 50.5 Å². The fourth-order valence-electron chi connectivity index (χ4n) is 10.1. The number of amides is 1. The summed E-state index contributed by atoms with van der Waals surface area (Å²) >= 11 is 0. The van der Waals surface area contributed by atoms with Crippen molar-refractivity contribution in [3.63, 3.8) is 0 Å². The standard InChI is InChI=1S/C45H73NO10.CH4/c1-10-32-20-26(4)19-27(5)21-33(11-2)41-34(12-3)23-29(7)45(53,56-41)42(50)43(51)46-18-14-13-15-35(46)44(52)55-40(30(8)37(48)25-38(32)49)28(6)22-31-16-17-36(47)39(24-31)54-9;/h20,22,27,29-37,39-41,47-48,53H,10-19,21,23-25H2,1-9H3;1H4/b26-20+,28-22+;/t27-,29+,30+,31-,32+,33-,34-,35?,36+,37-,39+,40+,41+,45+;/m0./s1. The number of carbonyl (C=O) groups is 4. The van der Waals surface area contributed by atoms with Crippen LogP contribution in [0.2, 0.25) is 0 Å². The summed E-state index contributed by atoms with van der Waals surface area (Å²) < 4.78 is 18.3. The molecule has 1 aliphatic carbocycles. The van der Waals surface area contributed by atoms with Gasteiger partial charge in [-0.15, -0.1) is 0 Å². The summed E-state index contributed by atoms with van der Waals surface area (Å²) in [6.45, 7) is 15.9. The first-order chi connectivity index (χ1) is 26.5. The molecule has 57 heavy (non-hydrogen) atoms. The number of hydrogen-bond acceptors (Lipinski definition) is 10. The van der Waals surface area contributed by atoms with Crippen LogP contribution in [0, 0.1) is 41.4 Å². The molecule has 11 nitrogen and oxygen atoms in total. The summed E-state index contributed by atoms with van der Waals surface area (Å²) in [6, 6.07) is -1.08. The van der Waals surface area contributed by atoms with E-state index in [2.05, 4.69) is 20.8 Å². The molecule has 1 unspecified atom stereocenters. The Kier molecular flexibility index (Phi) is 18.6. The number of nitrogens with zero attached hydrogens (tertiary/aromatic N) is 1. The normalized spacial score (nSPS) is 40.8. The molecular formula is C46H77NO10. The number of Topliss-reactive ketones (excluding diaryl/α,β-unsaturated/α-hetero) is 2. The van der Waals surface area contributed by atoms with Crippen molar-refractivity contribution in [2.24, 2.45) is 41.4 Å². The molecule has 0 aromatic carbocycles. The third-order valence-electron chi connectivity index (χ3n) is 13.7. The van der Waals surface area contributed by atoms with Gasteiger partial charge in [-0.1, -0.05) is 79.5 Å². The lowest BCUT2D eigenvalue weighted by Gasteiger charge is -2.48. The average molecular weight is 804 g/mol. The van der Waals surface area contributed by atoms with Crippen LogP contribution in [0.1, 0.15) is 146 Å². The summed E-state index contributed by atoms with van der Waals surface area (Å²) in [5.74, 6) is -6.50. The maximum absolute atomic E-state index is 14.3. The first kappa shape index (κ1) is 48.9. The van der Waals surface area contributed by atoms with Crippen molar-refractivity contribution in [2.75, 3.05) is 13.7 Å². The number of fused-ring (bicyclic) bond motifs is 3. The van der Waals surface area contributed by atoms with Gasteiger partial charge in [0.1, 0.15) is 17.9 Å². The van der Waals surface area contributed by atoms with Crippen LogP contribution in [0.5, 0.6) is 0 Å². The zero-order valence-corrected chi connectivity index (χ0v) is 35.7. The van der Waals surface area contributed by atoms with E-state index >= 15 is 0 Å². The van der Waals surface area contributed by atoms with Crippen molar-refractivity contribution in [1.82, 2.24) is 4.90 Å². The predicted octanol–water partition coefficient (Wildman–Crippen LogP) is 7.13. The SMILES string of the molecule is C.CC[C@H]1C[C@@H](C)C/C(C)=C/[C@@H](CC)C(=O)C[C@H](O)[C@@H](C)[C@@H](/C(C)=C/[C@@H]2CC[C@@H](O)[C@H](OC)C2)OC(=O)C2CCCCN2C(=O)C(=O)[C@]2(O)O[C@H]1[C@@H](CC)C[C@H]2C. The highest BCUT2D eigenvalue weighted by molar-refractivity contribution is 6.39. The maximum atomic E-state index is 14.3. The predicted molar refractivity (Wildman–Crippen MR) is 221 cm³/mol. The third kappa shape index (κ3) is 11.6. The molecule has 1 amide bonds. The first-order valence-electron chi connectivity index (χ1n) is 21.7. The van der Waals surface area contributed by atoms with Gasteiger partial charge in [0.2, 0.25) is 5.79 Å². The summed E-state index contributed by atoms with van der Waals surface area (Å²) in [5, 5.41) is 34.2. The lowest BCUT2D eigenvalue weighted by atomic mass is 9.73. The van der Waals surface area contributed by atoms with Gasteiger partial charge in [0.25, 0.3) is 11.7 Å². The number of cyclic esters (lactones) is 1. The second-order valence-electron chi connectivity index (χ2n) is 17.9. The molecule has 0 spiro atoms. The van der Waals surface area contributed by atoms with Crippen LogP contribution in [0.4, 0.5) is 0 Å². The molecule has 3 heterocycles. The zero-order valence-electron chi connectivity index (χ0n) is 35.7. The number of ether oxygens (including phenoxy) is 3. The number of ketones is 2. The van der Waals surface area contributed by atoms with E-state index in [1.54, 1.807) is 21.0 Å². The molecular weight excluding hydrogens is 727 g/mol. The van der Waals surface area contributed by atoms with Crippen LogP contribution in [0.25, 0.3) is 0 Å². The molecule has 14 atom stereocenters. The minimum Gasteiger partial charge on any atom is -0.456 e. The fraction of sp³-hybridized carbons (Fsp3) is 0.826. The maximum Gasteiger partial charge on any atom is 0.329 e. The Balaban J connectivity index is 0.00000870. The Morgan fingerprint density at radius 2 is 1.60 bits per heavy atom. The van der Waals surface area contributed by atoms with Crippen molar-refractivity contribution in [1.29, 1.82) is 0 Å². The van der Waals surface area contributed by atoms with Crippen LogP contribution in [0.3, 0.4) is 0 Å². The quantitative estimate of drug-likeness (QED) is 0.143. The second kappa shape index (κ2) is 21.7. The number of methoxy groups -OCH3 is 1. The largest absolute Gasteiger partial charge is 0.456 e. The summed E-state index contributed by atoms with van der Waals surface area (Å²) in [6.07, 6.45) is 8.00. The van der Waals surface area contributed by atoms with Gasteiger partial charge < -0.3 is 34.4 Å². The first-order valence-corrected chi connectivity index (χ1v) is 21.7. The van der Waals surface area contributed by atoms with Crippen LogP contribution in [-0.2, 0) is 33.4 Å². The second-order valence-corrected chi connectivity index (χ2v) is 17.9. The van der Waals surface area contributed by atoms with Gasteiger partial charge in [0.05, 0.1) is 24.4 Å². The lowest BCUT2D eigenvalue weighted by Crippen LogP contribution is -2.62. The van der Waals surface area contributed by atoms with Gasteiger partial charge in [-0.2, -0.15) is 0 Å². The van der Waals surface area contributed by atoms with E-state index in [9.17, 15) is 34.5 Å². The molecule has 3 aliphatic heterocycles. The number of aliphatic hydroxyl groups excluding tert-OH is 2. The number of allylic oxidation sites excluding steroid dienone is 3. The van der Waals surface area contributed by atoms with Crippen molar-refractivity contribution in [2.45, 2.75) is 189 Å². The molecule has 4 rings (SSSR count). The van der Waals surface area contributed by atoms with Crippen LogP contribution in [0.15, 0.2) is 23.3 Å². The topological polar surface area (TPSA) is 160 Å². The molecule has 0 aromatic heterocycles. The van der Waals surface area contributed by atoms with Crippen molar-refractivity contribution >= 4 is 23.4 Å². The summed E-state index contributed by atoms with van der Waals surface area (Å²) in [5.41, 5.74) is 1.77. The molecule has 2 saturated heterocycles. The fourth-order valence-corrected chi connectivity index (χ4v) is 10.1. The molecule has 326 valence electrons. The van der Waals surface area contributed by atoms with E-state index in [4.69, 9.17) is 14.2 Å². The highest BCUT2D eigenvalue weighted by atomic mass is 16.6. The minimum atomic E-state index is -2.34. The molecule has 4 aliphatic rings. The highest BCUT2D eigenvalue weighted by Gasteiger charge is 2.55. The average Bonchev–Trinajstić information content (AvgIpc) is 3.18. The number of piperidine rings is 1. The van der Waals surface area contributed by atoms with Gasteiger partial charge >= 0.3 is 5.97 Å². The van der Waals surface area contributed by atoms with Crippen LogP contribution in [-0.4, -0.2) is 99.7 Å². The Hall–Kier alpha value is -2.44. The van der Waals surface area contributed by atoms with Crippen LogP contribution >= 0.6 is 0 Å². The van der Waals surface area contributed by atoms with E-state index in [1.807, 2.05) is 32.9 Å². The van der Waals surface area contributed by atoms with Gasteiger partial charge in [0, 0.05) is 37.8 Å². The van der Waals surface area contributed by atoms with E-state index in [-0.39, 0.29) is 68.3 Å². The van der Waals surface area contributed by atoms with Crippen molar-refractivity contribution < 1.29 is 48.7 Å². The van der Waals surface area contributed by atoms with E-state index < -0.39 is 65.7 Å².